The molecular weight excluding hydrogens is 831 g/mol. The van der Waals surface area contributed by atoms with E-state index in [0.717, 1.165) is 63.3 Å². The average molecular weight is 886 g/mol. The largest absolute Gasteiger partial charge is 0.486 e. The maximum Gasteiger partial charge on any atom is 0.216 e. The molecule has 1 aliphatic carbocycles. The van der Waals surface area contributed by atoms with E-state index in [9.17, 15) is 0 Å². The van der Waals surface area contributed by atoms with E-state index in [2.05, 4.69) is 127 Å². The fourth-order valence-electron chi connectivity index (χ4n) is 7.50. The van der Waals surface area contributed by atoms with Gasteiger partial charge >= 0.3 is 0 Å². The van der Waals surface area contributed by atoms with Crippen molar-refractivity contribution in [2.75, 3.05) is 0 Å². The van der Waals surface area contributed by atoms with E-state index in [1.165, 1.54) is 47.6 Å². The molecule has 0 unspecified atom stereocenters. The molecule has 7 rings (SSSR count). The summed E-state index contributed by atoms with van der Waals surface area (Å²) >= 11 is 0. The third kappa shape index (κ3) is 9.19. The molecule has 0 N–H and O–H groups in total. The van der Waals surface area contributed by atoms with Gasteiger partial charge in [-0.2, -0.15) is 0 Å². The first-order valence-electron chi connectivity index (χ1n) is 19.1. The van der Waals surface area contributed by atoms with E-state index < -0.39 is 8.07 Å². The molecule has 0 spiro atoms. The van der Waals surface area contributed by atoms with E-state index >= 15 is 0 Å². The van der Waals surface area contributed by atoms with Crippen LogP contribution in [-0.2, 0) is 32.9 Å². The summed E-state index contributed by atoms with van der Waals surface area (Å²) in [4.78, 5) is 14.3. The zero-order valence-electron chi connectivity index (χ0n) is 32.6. The summed E-state index contributed by atoms with van der Waals surface area (Å²) in [5.41, 5.74) is 10.9. The number of nitrogens with zero attached hydrogens (tertiary/aromatic N) is 3. The van der Waals surface area contributed by atoms with Crippen molar-refractivity contribution in [1.29, 1.82) is 0 Å². The van der Waals surface area contributed by atoms with Crippen LogP contribution in [0.4, 0.5) is 0 Å². The Morgan fingerprint density at radius 1 is 0.788 bits per heavy atom. The summed E-state index contributed by atoms with van der Waals surface area (Å²) in [7, 11) is -1.34. The monoisotopic (exact) mass is 886 g/mol. The van der Waals surface area contributed by atoms with Crippen LogP contribution in [0.3, 0.4) is 0 Å². The van der Waals surface area contributed by atoms with Gasteiger partial charge in [0.15, 0.2) is 0 Å². The number of furan rings is 1. The van der Waals surface area contributed by atoms with Gasteiger partial charge < -0.3 is 14.4 Å². The molecule has 275 valence electrons. The van der Waals surface area contributed by atoms with Gasteiger partial charge in [-0.25, -0.2) is 4.98 Å². The molecule has 1 fully saturated rings. The smallest absolute Gasteiger partial charge is 0.216 e. The first-order chi connectivity index (χ1) is 24.4. The van der Waals surface area contributed by atoms with Crippen molar-refractivity contribution < 1.29 is 24.5 Å². The van der Waals surface area contributed by atoms with Gasteiger partial charge in [-0.05, 0) is 76.3 Å². The average Bonchev–Trinajstić information content (AvgIpc) is 3.75. The van der Waals surface area contributed by atoms with E-state index in [1.807, 2.05) is 24.3 Å². The van der Waals surface area contributed by atoms with Crippen LogP contribution in [0.1, 0.15) is 101 Å². The van der Waals surface area contributed by atoms with Gasteiger partial charge in [-0.3, -0.25) is 0 Å². The predicted molar refractivity (Wildman–Crippen MR) is 217 cm³/mol. The summed E-state index contributed by atoms with van der Waals surface area (Å²) in [6.45, 7) is 20.6. The fraction of sp³-hybridized carbons (Fsp3) is 0.413. The molecule has 1 aliphatic rings. The standard InChI is InChI=1S/C28H31N2O.C18H24NSi.Ir/c1-17(2)24-16-29-26(15-20(24)14-19-8-5-6-9-19)23-11-7-10-21-22-12-13-25(18(3)4)30-28(22)31-27(21)23;1-14(2)11-16-12-17(15-9-7-6-8-10-15)19-13-18(16)20(3,4)5;/h7,10,12-13,15-19H,5-6,8-9,14H2,1-4H3;6-9,12-14H,11H2,1-5H3;/q2*-1;. The maximum absolute atomic E-state index is 6.30. The fourth-order valence-corrected chi connectivity index (χ4v) is 9.09. The summed E-state index contributed by atoms with van der Waals surface area (Å²) in [6, 6.07) is 27.6. The van der Waals surface area contributed by atoms with E-state index in [-0.39, 0.29) is 20.1 Å². The van der Waals surface area contributed by atoms with Crippen LogP contribution in [-0.4, -0.2) is 23.0 Å². The normalized spacial score (nSPS) is 13.6. The number of pyridine rings is 3. The first-order valence-corrected chi connectivity index (χ1v) is 22.6. The van der Waals surface area contributed by atoms with Crippen molar-refractivity contribution in [3.63, 3.8) is 0 Å². The summed E-state index contributed by atoms with van der Waals surface area (Å²) in [6.07, 6.45) is 11.9. The summed E-state index contributed by atoms with van der Waals surface area (Å²) in [5.74, 6) is 2.31. The topological polar surface area (TPSA) is 51.8 Å². The molecule has 4 heterocycles. The van der Waals surface area contributed by atoms with Crippen LogP contribution in [0.2, 0.25) is 19.6 Å². The second kappa shape index (κ2) is 17.1. The molecule has 0 bridgehead atoms. The SMILES string of the molecule is CC(C)Cc1cc(-c2[c-]cccc2)ncc1[Si](C)(C)C.CC(C)c1ccc2c(n1)oc1c(-c3cc(CC4CCCC4)c(C(C)C)cn3)[c-]ccc12.[Ir]. The van der Waals surface area contributed by atoms with E-state index in [0.29, 0.717) is 23.5 Å². The van der Waals surface area contributed by atoms with Crippen LogP contribution in [0.25, 0.3) is 44.6 Å². The van der Waals surface area contributed by atoms with Crippen LogP contribution >= 0.6 is 0 Å². The van der Waals surface area contributed by atoms with Crippen molar-refractivity contribution in [3.8, 4) is 22.5 Å². The third-order valence-electron chi connectivity index (χ3n) is 10.2. The molecule has 0 aliphatic heterocycles. The minimum atomic E-state index is -1.34. The molecule has 2 aromatic carbocycles. The van der Waals surface area contributed by atoms with E-state index in [4.69, 9.17) is 14.4 Å². The van der Waals surface area contributed by atoms with E-state index in [1.54, 1.807) is 0 Å². The van der Waals surface area contributed by atoms with Gasteiger partial charge in [0, 0.05) is 43.6 Å². The Morgan fingerprint density at radius 2 is 1.52 bits per heavy atom. The van der Waals surface area contributed by atoms with Gasteiger partial charge in [0.1, 0.15) is 0 Å². The molecule has 52 heavy (non-hydrogen) atoms. The minimum Gasteiger partial charge on any atom is -0.486 e. The Hall–Kier alpha value is -3.44. The van der Waals surface area contributed by atoms with Crippen molar-refractivity contribution in [2.45, 2.75) is 112 Å². The Labute approximate surface area is 326 Å². The molecule has 4 aromatic heterocycles. The molecule has 6 aromatic rings. The van der Waals surface area contributed by atoms with Gasteiger partial charge in [-0.15, -0.1) is 54.1 Å². The quantitative estimate of drug-likeness (QED) is 0.107. The Morgan fingerprint density at radius 3 is 2.17 bits per heavy atom. The Bertz CT molecular complexity index is 2090. The number of fused-ring (bicyclic) bond motifs is 3. The Balaban J connectivity index is 0.000000217. The maximum atomic E-state index is 6.30. The van der Waals surface area contributed by atoms with Gasteiger partial charge in [0.2, 0.25) is 5.71 Å². The van der Waals surface area contributed by atoms with Crippen LogP contribution in [0.5, 0.6) is 0 Å². The minimum absolute atomic E-state index is 0. The van der Waals surface area contributed by atoms with Crippen molar-refractivity contribution in [3.05, 3.63) is 108 Å². The van der Waals surface area contributed by atoms with Crippen LogP contribution < -0.4 is 5.19 Å². The van der Waals surface area contributed by atoms with Gasteiger partial charge in [-0.1, -0.05) is 116 Å². The van der Waals surface area contributed by atoms with Crippen molar-refractivity contribution in [1.82, 2.24) is 15.0 Å². The number of hydrogen-bond donors (Lipinski definition) is 0. The third-order valence-corrected chi connectivity index (χ3v) is 12.3. The second-order valence-corrected chi connectivity index (χ2v) is 21.6. The van der Waals surface area contributed by atoms with Gasteiger partial charge in [0.25, 0.3) is 0 Å². The first kappa shape index (κ1) is 39.8. The van der Waals surface area contributed by atoms with Crippen LogP contribution in [0, 0.1) is 24.0 Å². The number of aromatic nitrogens is 3. The molecule has 1 saturated carbocycles. The van der Waals surface area contributed by atoms with Crippen molar-refractivity contribution in [2.24, 2.45) is 11.8 Å². The number of benzene rings is 2. The molecule has 0 atom stereocenters. The zero-order valence-corrected chi connectivity index (χ0v) is 36.0. The predicted octanol–water partition coefficient (Wildman–Crippen LogP) is 12.1. The molecule has 4 nitrogen and oxygen atoms in total. The van der Waals surface area contributed by atoms with Crippen molar-refractivity contribution >= 4 is 35.3 Å². The Kier molecular flexibility index (Phi) is 13.1. The molecule has 0 saturated heterocycles. The second-order valence-electron chi connectivity index (χ2n) is 16.6. The molecular formula is C46H55IrN3OSi-2. The number of hydrogen-bond acceptors (Lipinski definition) is 4. The van der Waals surface area contributed by atoms with Gasteiger partial charge in [0.05, 0.1) is 13.7 Å². The molecule has 6 heteroatoms. The summed E-state index contributed by atoms with van der Waals surface area (Å²) < 4.78 is 6.30. The number of rotatable bonds is 9. The summed E-state index contributed by atoms with van der Waals surface area (Å²) in [5, 5.41) is 3.63. The molecule has 1 radical (unpaired) electrons. The molecule has 0 amide bonds. The van der Waals surface area contributed by atoms with Crippen LogP contribution in [0.15, 0.2) is 77.5 Å². The zero-order chi connectivity index (χ0) is 36.3.